The third kappa shape index (κ3) is 3.50. The van der Waals surface area contributed by atoms with Crippen LogP contribution in [0.15, 0.2) is 18.2 Å². The van der Waals surface area contributed by atoms with Gasteiger partial charge < -0.3 is 0 Å². The van der Waals surface area contributed by atoms with Crippen LogP contribution in [0, 0.1) is 19.8 Å². The van der Waals surface area contributed by atoms with E-state index < -0.39 is 0 Å². The Kier molecular flexibility index (Phi) is 4.07. The van der Waals surface area contributed by atoms with Gasteiger partial charge in [-0.1, -0.05) is 43.2 Å². The molecular weight excluding hydrogens is 184 g/mol. The number of hydrogen-bond acceptors (Lipinski definition) is 1. The first kappa shape index (κ1) is 12.0. The molecule has 0 radical (unpaired) electrons. The molecule has 0 aliphatic rings. The van der Waals surface area contributed by atoms with Gasteiger partial charge in [0.15, 0.2) is 0 Å². The maximum atomic E-state index is 11.5. The lowest BCUT2D eigenvalue weighted by molar-refractivity contribution is -0.122. The molecule has 0 aliphatic carbocycles. The average Bonchev–Trinajstić information content (AvgIpc) is 2.14. The van der Waals surface area contributed by atoms with Gasteiger partial charge in [-0.15, -0.1) is 0 Å². The van der Waals surface area contributed by atoms with E-state index in [-0.39, 0.29) is 5.92 Å². The Labute approximate surface area is 92.5 Å². The van der Waals surface area contributed by atoms with Crippen LogP contribution < -0.4 is 0 Å². The van der Waals surface area contributed by atoms with Gasteiger partial charge in [-0.25, -0.2) is 0 Å². The van der Waals surface area contributed by atoms with Crippen LogP contribution in [0.25, 0.3) is 0 Å². The molecule has 0 saturated heterocycles. The van der Waals surface area contributed by atoms with E-state index in [0.717, 1.165) is 6.42 Å². The van der Waals surface area contributed by atoms with Gasteiger partial charge >= 0.3 is 0 Å². The van der Waals surface area contributed by atoms with Gasteiger partial charge in [0.05, 0.1) is 0 Å². The van der Waals surface area contributed by atoms with Gasteiger partial charge in [-0.2, -0.15) is 0 Å². The fourth-order valence-corrected chi connectivity index (χ4v) is 2.00. The van der Waals surface area contributed by atoms with E-state index in [2.05, 4.69) is 32.0 Å². The number of Topliss-reactive ketones (excluding diaryl/α,β-unsaturated/α-hetero) is 1. The molecule has 1 unspecified atom stereocenters. The highest BCUT2D eigenvalue weighted by atomic mass is 16.1. The highest BCUT2D eigenvalue weighted by Crippen LogP contribution is 2.14. The molecule has 0 N–H and O–H groups in total. The van der Waals surface area contributed by atoms with Crippen molar-refractivity contribution < 1.29 is 4.79 Å². The van der Waals surface area contributed by atoms with Crippen LogP contribution in [-0.4, -0.2) is 5.78 Å². The van der Waals surface area contributed by atoms with Crippen LogP contribution in [0.1, 0.15) is 37.0 Å². The molecule has 0 aliphatic heterocycles. The molecule has 0 fully saturated rings. The number of carbonyl (C=O) groups excluding carboxylic acids is 1. The van der Waals surface area contributed by atoms with Crippen LogP contribution in [0.5, 0.6) is 0 Å². The lowest BCUT2D eigenvalue weighted by atomic mass is 9.94. The van der Waals surface area contributed by atoms with Crippen molar-refractivity contribution in [1.29, 1.82) is 0 Å². The minimum absolute atomic E-state index is 0.149. The third-order valence-electron chi connectivity index (χ3n) is 2.72. The van der Waals surface area contributed by atoms with Crippen LogP contribution in [0.3, 0.4) is 0 Å². The molecule has 82 valence electrons. The number of aryl methyl sites for hydroxylation is 2. The summed E-state index contributed by atoms with van der Waals surface area (Å²) < 4.78 is 0. The van der Waals surface area contributed by atoms with Crippen LogP contribution in [-0.2, 0) is 11.2 Å². The van der Waals surface area contributed by atoms with Gasteiger partial charge in [0.25, 0.3) is 0 Å². The highest BCUT2D eigenvalue weighted by Gasteiger charge is 2.11. The maximum absolute atomic E-state index is 11.5. The van der Waals surface area contributed by atoms with Gasteiger partial charge in [0.2, 0.25) is 0 Å². The topological polar surface area (TPSA) is 17.1 Å². The monoisotopic (exact) mass is 204 g/mol. The second-order valence-corrected chi connectivity index (χ2v) is 4.42. The van der Waals surface area contributed by atoms with E-state index in [1.54, 1.807) is 0 Å². The number of carbonyl (C=O) groups is 1. The highest BCUT2D eigenvalue weighted by molar-refractivity contribution is 5.80. The second-order valence-electron chi connectivity index (χ2n) is 4.42. The second kappa shape index (κ2) is 5.11. The van der Waals surface area contributed by atoms with Crippen LogP contribution in [0.4, 0.5) is 0 Å². The molecule has 0 heterocycles. The molecular formula is C14H20O. The van der Waals surface area contributed by atoms with Crippen molar-refractivity contribution in [2.75, 3.05) is 0 Å². The van der Waals surface area contributed by atoms with Crippen molar-refractivity contribution >= 4 is 5.78 Å². The molecule has 1 atom stereocenters. The van der Waals surface area contributed by atoms with Gasteiger partial charge in [0, 0.05) is 12.3 Å². The summed E-state index contributed by atoms with van der Waals surface area (Å²) in [6, 6.07) is 6.51. The number of ketones is 1. The Bertz CT molecular complexity index is 332. The lowest BCUT2D eigenvalue weighted by Gasteiger charge is -2.10. The molecule has 1 heteroatoms. The SMILES string of the molecule is CCC(=O)C(C)Cc1cc(C)cc(C)c1. The summed E-state index contributed by atoms with van der Waals surface area (Å²) in [6.07, 6.45) is 1.52. The predicted octanol–water partition coefficient (Wildman–Crippen LogP) is 3.46. The molecule has 1 aromatic rings. The minimum atomic E-state index is 0.149. The average molecular weight is 204 g/mol. The Balaban J connectivity index is 2.76. The summed E-state index contributed by atoms with van der Waals surface area (Å²) >= 11 is 0. The summed E-state index contributed by atoms with van der Waals surface area (Å²) in [7, 11) is 0. The molecule has 0 saturated carbocycles. The molecule has 0 aromatic heterocycles. The van der Waals surface area contributed by atoms with Crippen molar-refractivity contribution in [3.8, 4) is 0 Å². The fourth-order valence-electron chi connectivity index (χ4n) is 2.00. The molecule has 1 aromatic carbocycles. The molecule has 1 rings (SSSR count). The number of rotatable bonds is 4. The van der Waals surface area contributed by atoms with Crippen molar-refractivity contribution in [3.63, 3.8) is 0 Å². The molecule has 1 nitrogen and oxygen atoms in total. The lowest BCUT2D eigenvalue weighted by Crippen LogP contribution is -2.12. The summed E-state index contributed by atoms with van der Waals surface area (Å²) in [6.45, 7) is 8.15. The number of benzene rings is 1. The summed E-state index contributed by atoms with van der Waals surface area (Å²) in [5.74, 6) is 0.505. The first-order valence-corrected chi connectivity index (χ1v) is 5.62. The van der Waals surface area contributed by atoms with Crippen molar-refractivity contribution in [2.24, 2.45) is 5.92 Å². The normalized spacial score (nSPS) is 12.5. The Morgan fingerprint density at radius 2 is 1.73 bits per heavy atom. The minimum Gasteiger partial charge on any atom is -0.299 e. The Hall–Kier alpha value is -1.11. The van der Waals surface area contributed by atoms with Gasteiger partial charge in [-0.05, 0) is 25.8 Å². The fraction of sp³-hybridized carbons (Fsp3) is 0.500. The van der Waals surface area contributed by atoms with E-state index in [1.807, 2.05) is 13.8 Å². The molecule has 0 amide bonds. The Morgan fingerprint density at radius 3 is 2.20 bits per heavy atom. The summed E-state index contributed by atoms with van der Waals surface area (Å²) in [4.78, 5) is 11.5. The molecule has 15 heavy (non-hydrogen) atoms. The summed E-state index contributed by atoms with van der Waals surface area (Å²) in [5, 5.41) is 0. The van der Waals surface area contributed by atoms with Gasteiger partial charge in [0.1, 0.15) is 5.78 Å². The van der Waals surface area contributed by atoms with Crippen LogP contribution >= 0.6 is 0 Å². The smallest absolute Gasteiger partial charge is 0.135 e. The quantitative estimate of drug-likeness (QED) is 0.734. The standard InChI is InChI=1S/C14H20O/c1-5-14(15)12(4)9-13-7-10(2)6-11(3)8-13/h6-8,12H,5,9H2,1-4H3. The van der Waals surface area contributed by atoms with Gasteiger partial charge in [-0.3, -0.25) is 4.79 Å². The molecule has 0 bridgehead atoms. The zero-order valence-corrected chi connectivity index (χ0v) is 10.1. The van der Waals surface area contributed by atoms with Crippen molar-refractivity contribution in [2.45, 2.75) is 40.5 Å². The van der Waals surface area contributed by atoms with E-state index in [4.69, 9.17) is 0 Å². The van der Waals surface area contributed by atoms with Crippen molar-refractivity contribution in [3.05, 3.63) is 34.9 Å². The van der Waals surface area contributed by atoms with Crippen molar-refractivity contribution in [1.82, 2.24) is 0 Å². The van der Waals surface area contributed by atoms with Crippen LogP contribution in [0.2, 0.25) is 0 Å². The largest absolute Gasteiger partial charge is 0.299 e. The zero-order chi connectivity index (χ0) is 11.4. The third-order valence-corrected chi connectivity index (χ3v) is 2.72. The predicted molar refractivity (Wildman–Crippen MR) is 64.1 cm³/mol. The first-order chi connectivity index (χ1) is 7.02. The maximum Gasteiger partial charge on any atom is 0.135 e. The Morgan fingerprint density at radius 1 is 1.20 bits per heavy atom. The van der Waals surface area contributed by atoms with E-state index >= 15 is 0 Å². The summed E-state index contributed by atoms with van der Waals surface area (Å²) in [5.41, 5.74) is 3.84. The van der Waals surface area contributed by atoms with E-state index in [0.29, 0.717) is 12.2 Å². The van der Waals surface area contributed by atoms with E-state index in [9.17, 15) is 4.79 Å². The zero-order valence-electron chi connectivity index (χ0n) is 10.1. The first-order valence-electron chi connectivity index (χ1n) is 5.62. The van der Waals surface area contributed by atoms with E-state index in [1.165, 1.54) is 16.7 Å². The number of hydrogen-bond donors (Lipinski definition) is 0. The molecule has 0 spiro atoms.